The Bertz CT molecular complexity index is 503. The zero-order valence-corrected chi connectivity index (χ0v) is 11.5. The smallest absolute Gasteiger partial charge is 0.315 e. The van der Waals surface area contributed by atoms with Crippen molar-refractivity contribution in [1.82, 2.24) is 20.5 Å². The van der Waals surface area contributed by atoms with Gasteiger partial charge in [-0.05, 0) is 32.4 Å². The monoisotopic (exact) mass is 261 g/mol. The quantitative estimate of drug-likeness (QED) is 0.857. The molecular formula is C13H19N5O. The molecule has 2 N–H and O–H groups in total. The van der Waals surface area contributed by atoms with E-state index < -0.39 is 0 Å². The molecule has 0 atom stereocenters. The summed E-state index contributed by atoms with van der Waals surface area (Å²) in [5, 5.41) is 14.3. The van der Waals surface area contributed by atoms with Crippen molar-refractivity contribution < 1.29 is 4.42 Å². The first-order chi connectivity index (χ1) is 9.03. The van der Waals surface area contributed by atoms with Gasteiger partial charge >= 0.3 is 6.01 Å². The van der Waals surface area contributed by atoms with Crippen molar-refractivity contribution in [2.24, 2.45) is 0 Å². The van der Waals surface area contributed by atoms with Gasteiger partial charge in [0.05, 0.1) is 6.54 Å². The average molecular weight is 261 g/mol. The van der Waals surface area contributed by atoms with Gasteiger partial charge in [-0.1, -0.05) is 11.2 Å². The van der Waals surface area contributed by atoms with Gasteiger partial charge in [-0.25, -0.2) is 0 Å². The second kappa shape index (κ2) is 5.79. The van der Waals surface area contributed by atoms with Crippen molar-refractivity contribution in [3.63, 3.8) is 0 Å². The van der Waals surface area contributed by atoms with Crippen molar-refractivity contribution in [1.29, 1.82) is 0 Å². The fraction of sp³-hybridized carbons (Fsp3) is 0.462. The first-order valence-electron chi connectivity index (χ1n) is 6.23. The molecule has 19 heavy (non-hydrogen) atoms. The zero-order chi connectivity index (χ0) is 13.7. The number of aromatic nitrogens is 3. The van der Waals surface area contributed by atoms with Crippen LogP contribution in [0.2, 0.25) is 0 Å². The summed E-state index contributed by atoms with van der Waals surface area (Å²) in [7, 11) is 0. The summed E-state index contributed by atoms with van der Waals surface area (Å²) >= 11 is 0. The minimum absolute atomic E-state index is 0.0256. The third-order valence-corrected chi connectivity index (χ3v) is 2.40. The topological polar surface area (TPSA) is 75.9 Å². The van der Waals surface area contributed by atoms with Gasteiger partial charge in [0, 0.05) is 24.5 Å². The maximum absolute atomic E-state index is 5.48. The predicted octanol–water partition coefficient (Wildman–Crippen LogP) is 1.96. The molecule has 102 valence electrons. The number of rotatable bonds is 5. The number of nitrogens with one attached hydrogen (secondary N) is 2. The van der Waals surface area contributed by atoms with E-state index in [0.29, 0.717) is 25.0 Å². The van der Waals surface area contributed by atoms with E-state index in [1.165, 1.54) is 0 Å². The van der Waals surface area contributed by atoms with E-state index in [4.69, 9.17) is 4.42 Å². The summed E-state index contributed by atoms with van der Waals surface area (Å²) < 4.78 is 5.48. The lowest BCUT2D eigenvalue weighted by molar-refractivity contribution is 0.383. The lowest BCUT2D eigenvalue weighted by Crippen LogP contribution is -2.35. The molecular weight excluding hydrogens is 242 g/mol. The molecule has 0 amide bonds. The number of nitrogens with zero attached hydrogens (tertiary/aromatic N) is 3. The Labute approximate surface area is 112 Å². The SMILES string of the molecule is CC(C)(C)NCc1nnc(NCc2cccnc2)o1. The van der Waals surface area contributed by atoms with E-state index in [2.05, 4.69) is 46.6 Å². The summed E-state index contributed by atoms with van der Waals surface area (Å²) in [6, 6.07) is 4.30. The molecule has 0 spiro atoms. The third-order valence-electron chi connectivity index (χ3n) is 2.40. The Morgan fingerprint density at radius 2 is 2.05 bits per heavy atom. The van der Waals surface area contributed by atoms with Crippen molar-refractivity contribution in [2.45, 2.75) is 39.4 Å². The van der Waals surface area contributed by atoms with Crippen LogP contribution >= 0.6 is 0 Å². The van der Waals surface area contributed by atoms with Crippen LogP contribution in [0.15, 0.2) is 28.9 Å². The van der Waals surface area contributed by atoms with Gasteiger partial charge in [0.25, 0.3) is 0 Å². The van der Waals surface area contributed by atoms with Crippen LogP contribution in [0.25, 0.3) is 0 Å². The predicted molar refractivity (Wildman–Crippen MR) is 72.5 cm³/mol. The summed E-state index contributed by atoms with van der Waals surface area (Å²) in [6.07, 6.45) is 3.54. The molecule has 0 aliphatic carbocycles. The third kappa shape index (κ3) is 4.67. The van der Waals surface area contributed by atoms with Gasteiger partial charge in [0.2, 0.25) is 5.89 Å². The molecule has 6 heteroatoms. The van der Waals surface area contributed by atoms with Crippen molar-refractivity contribution in [3.05, 3.63) is 36.0 Å². The minimum atomic E-state index is 0.0256. The summed E-state index contributed by atoms with van der Waals surface area (Å²) in [6.45, 7) is 7.44. The Balaban J connectivity index is 1.84. The molecule has 0 unspecified atom stereocenters. The molecule has 0 saturated heterocycles. The van der Waals surface area contributed by atoms with Crippen molar-refractivity contribution in [2.75, 3.05) is 5.32 Å². The average Bonchev–Trinajstić information content (AvgIpc) is 2.82. The molecule has 0 radical (unpaired) electrons. The lowest BCUT2D eigenvalue weighted by atomic mass is 10.1. The highest BCUT2D eigenvalue weighted by molar-refractivity contribution is 5.21. The molecule has 2 aromatic heterocycles. The normalized spacial score (nSPS) is 11.5. The standard InChI is InChI=1S/C13H19N5O/c1-13(2,3)16-9-11-17-18-12(19-11)15-8-10-5-4-6-14-7-10/h4-7,16H,8-9H2,1-3H3,(H,15,18). The highest BCUT2D eigenvalue weighted by Gasteiger charge is 2.11. The van der Waals surface area contributed by atoms with E-state index in [1.807, 2.05) is 12.1 Å². The van der Waals surface area contributed by atoms with Gasteiger partial charge in [-0.2, -0.15) is 0 Å². The number of hydrogen-bond donors (Lipinski definition) is 2. The van der Waals surface area contributed by atoms with Crippen molar-refractivity contribution >= 4 is 6.01 Å². The van der Waals surface area contributed by atoms with Crippen LogP contribution in [-0.2, 0) is 13.1 Å². The number of pyridine rings is 1. The first kappa shape index (κ1) is 13.5. The minimum Gasteiger partial charge on any atom is -0.407 e. The molecule has 0 bridgehead atoms. The van der Waals surface area contributed by atoms with Gasteiger partial charge in [-0.3, -0.25) is 4.98 Å². The summed E-state index contributed by atoms with van der Waals surface area (Å²) in [5.74, 6) is 0.573. The zero-order valence-electron chi connectivity index (χ0n) is 11.5. The van der Waals surface area contributed by atoms with Crippen LogP contribution in [0.1, 0.15) is 32.2 Å². The Hall–Kier alpha value is -1.95. The molecule has 0 aromatic carbocycles. The first-order valence-corrected chi connectivity index (χ1v) is 6.23. The summed E-state index contributed by atoms with van der Waals surface area (Å²) in [4.78, 5) is 4.04. The second-order valence-corrected chi connectivity index (χ2v) is 5.32. The van der Waals surface area contributed by atoms with E-state index in [0.717, 1.165) is 5.56 Å². The fourth-order valence-electron chi connectivity index (χ4n) is 1.42. The van der Waals surface area contributed by atoms with Crippen LogP contribution in [0.3, 0.4) is 0 Å². The van der Waals surface area contributed by atoms with Gasteiger partial charge < -0.3 is 15.1 Å². The molecule has 0 fully saturated rings. The molecule has 2 aromatic rings. The highest BCUT2D eigenvalue weighted by Crippen LogP contribution is 2.09. The summed E-state index contributed by atoms with van der Waals surface area (Å²) in [5.41, 5.74) is 1.09. The van der Waals surface area contributed by atoms with Crippen LogP contribution in [0, 0.1) is 0 Å². The van der Waals surface area contributed by atoms with E-state index in [1.54, 1.807) is 12.4 Å². The van der Waals surface area contributed by atoms with Gasteiger partial charge in [0.1, 0.15) is 0 Å². The maximum atomic E-state index is 5.48. The Kier molecular flexibility index (Phi) is 4.11. The van der Waals surface area contributed by atoms with E-state index >= 15 is 0 Å². The van der Waals surface area contributed by atoms with E-state index in [9.17, 15) is 0 Å². The van der Waals surface area contributed by atoms with Gasteiger partial charge in [-0.15, -0.1) is 5.10 Å². The van der Waals surface area contributed by atoms with Crippen LogP contribution in [-0.4, -0.2) is 20.7 Å². The molecule has 2 rings (SSSR count). The fourth-order valence-corrected chi connectivity index (χ4v) is 1.42. The van der Waals surface area contributed by atoms with Crippen molar-refractivity contribution in [3.8, 4) is 0 Å². The van der Waals surface area contributed by atoms with Crippen LogP contribution in [0.4, 0.5) is 6.01 Å². The van der Waals surface area contributed by atoms with Crippen LogP contribution < -0.4 is 10.6 Å². The lowest BCUT2D eigenvalue weighted by Gasteiger charge is -2.18. The largest absolute Gasteiger partial charge is 0.407 e. The molecule has 2 heterocycles. The van der Waals surface area contributed by atoms with Crippen LogP contribution in [0.5, 0.6) is 0 Å². The van der Waals surface area contributed by atoms with E-state index in [-0.39, 0.29) is 5.54 Å². The second-order valence-electron chi connectivity index (χ2n) is 5.32. The molecule has 0 saturated carbocycles. The maximum Gasteiger partial charge on any atom is 0.315 e. The Morgan fingerprint density at radius 3 is 2.74 bits per heavy atom. The number of anilines is 1. The molecule has 6 nitrogen and oxygen atoms in total. The number of hydrogen-bond acceptors (Lipinski definition) is 6. The van der Waals surface area contributed by atoms with Gasteiger partial charge in [0.15, 0.2) is 0 Å². The molecule has 0 aliphatic heterocycles. The Morgan fingerprint density at radius 1 is 1.21 bits per heavy atom. The highest BCUT2D eigenvalue weighted by atomic mass is 16.4. The molecule has 0 aliphatic rings.